The van der Waals surface area contributed by atoms with Gasteiger partial charge < -0.3 is 9.47 Å². The summed E-state index contributed by atoms with van der Waals surface area (Å²) in [5, 5.41) is 1.06. The number of rotatable bonds is 20. The van der Waals surface area contributed by atoms with Gasteiger partial charge in [-0.1, -0.05) is 95.9 Å². The number of halogens is 3. The number of benzene rings is 2. The van der Waals surface area contributed by atoms with Gasteiger partial charge in [-0.25, -0.2) is 0 Å². The second-order valence-corrected chi connectivity index (χ2v) is 11.7. The average molecular weight is 575 g/mol. The van der Waals surface area contributed by atoms with Gasteiger partial charge in [0.25, 0.3) is 0 Å². The predicted molar refractivity (Wildman–Crippen MR) is 163 cm³/mol. The van der Waals surface area contributed by atoms with E-state index in [-0.39, 0.29) is 5.75 Å². The number of aryl methyl sites for hydroxylation is 2. The van der Waals surface area contributed by atoms with Crippen molar-refractivity contribution in [3.05, 3.63) is 66.4 Å². The maximum absolute atomic E-state index is 13.2. The molecule has 220 valence electrons. The Balaban J connectivity index is 1.48. The molecule has 0 amide bonds. The molecule has 2 nitrogen and oxygen atoms in total. The highest BCUT2D eigenvalue weighted by atomic mass is 32.1. The van der Waals surface area contributed by atoms with E-state index in [1.165, 1.54) is 74.5 Å². The number of hydrogen-bond acceptors (Lipinski definition) is 3. The van der Waals surface area contributed by atoms with Crippen LogP contribution >= 0.6 is 11.3 Å². The summed E-state index contributed by atoms with van der Waals surface area (Å²) in [7, 11) is 0. The maximum Gasteiger partial charge on any atom is 0.573 e. The van der Waals surface area contributed by atoms with Gasteiger partial charge in [-0.2, -0.15) is 0 Å². The molecule has 3 aromatic rings. The first-order valence-corrected chi connectivity index (χ1v) is 15.9. The highest BCUT2D eigenvalue weighted by Gasteiger charge is 2.32. The molecular weight excluding hydrogens is 529 g/mol. The molecule has 0 aliphatic rings. The lowest BCUT2D eigenvalue weighted by molar-refractivity contribution is -0.274. The van der Waals surface area contributed by atoms with Crippen molar-refractivity contribution in [1.82, 2.24) is 0 Å². The molecule has 0 aliphatic heterocycles. The van der Waals surface area contributed by atoms with Crippen LogP contribution in [0.1, 0.15) is 102 Å². The fourth-order valence-corrected chi connectivity index (χ4v) is 6.25. The molecule has 0 spiro atoms. The van der Waals surface area contributed by atoms with Gasteiger partial charge in [0, 0.05) is 15.1 Å². The van der Waals surface area contributed by atoms with Crippen LogP contribution in [0.2, 0.25) is 0 Å². The molecule has 2 aromatic carbocycles. The van der Waals surface area contributed by atoms with Crippen molar-refractivity contribution in [3.8, 4) is 16.2 Å². The standard InChI is InChI=1S/C34H45F3O2S/c1-3-5-14-17-27-20-22-30(31(24-27)39-34(35,36)37)33-26-29-21-19-28(25-32(29)40-33)18-15-12-10-8-6-7-9-11-13-16-23-38-4-2/h4,19-22,24-26H,2-3,5-18,23H2,1H3. The number of ether oxygens (including phenoxy) is 2. The highest BCUT2D eigenvalue weighted by molar-refractivity contribution is 7.22. The monoisotopic (exact) mass is 574 g/mol. The number of unbranched alkanes of at least 4 members (excludes halogenated alkanes) is 11. The van der Waals surface area contributed by atoms with Gasteiger partial charge in [0.05, 0.1) is 12.9 Å². The van der Waals surface area contributed by atoms with E-state index in [0.717, 1.165) is 72.1 Å². The van der Waals surface area contributed by atoms with Crippen LogP contribution in [0.3, 0.4) is 0 Å². The Kier molecular flexibility index (Phi) is 13.9. The van der Waals surface area contributed by atoms with Crippen LogP contribution in [0.4, 0.5) is 13.2 Å². The molecule has 6 heteroatoms. The molecule has 0 N–H and O–H groups in total. The minimum Gasteiger partial charge on any atom is -0.502 e. The van der Waals surface area contributed by atoms with E-state index in [2.05, 4.69) is 36.4 Å². The minimum atomic E-state index is -4.72. The van der Waals surface area contributed by atoms with Gasteiger partial charge >= 0.3 is 6.36 Å². The molecule has 3 rings (SSSR count). The molecule has 0 aliphatic carbocycles. The molecule has 0 bridgehead atoms. The van der Waals surface area contributed by atoms with Crippen molar-refractivity contribution in [2.24, 2.45) is 0 Å². The fraction of sp³-hybridized carbons (Fsp3) is 0.529. The van der Waals surface area contributed by atoms with Crippen LogP contribution in [-0.4, -0.2) is 13.0 Å². The summed E-state index contributed by atoms with van der Waals surface area (Å²) in [6.07, 6.45) is 14.2. The minimum absolute atomic E-state index is 0.105. The smallest absolute Gasteiger partial charge is 0.502 e. The number of thiophene rings is 1. The number of alkyl halides is 3. The highest BCUT2D eigenvalue weighted by Crippen LogP contribution is 2.41. The van der Waals surface area contributed by atoms with E-state index >= 15 is 0 Å². The normalized spacial score (nSPS) is 11.7. The second kappa shape index (κ2) is 17.4. The summed E-state index contributed by atoms with van der Waals surface area (Å²) in [5.41, 5.74) is 2.67. The summed E-state index contributed by atoms with van der Waals surface area (Å²) < 4.78 is 50.4. The fourth-order valence-electron chi connectivity index (χ4n) is 5.09. The number of fused-ring (bicyclic) bond motifs is 1. The van der Waals surface area contributed by atoms with E-state index in [1.807, 2.05) is 12.1 Å². The van der Waals surface area contributed by atoms with Crippen molar-refractivity contribution in [3.63, 3.8) is 0 Å². The van der Waals surface area contributed by atoms with Crippen molar-refractivity contribution in [1.29, 1.82) is 0 Å². The van der Waals surface area contributed by atoms with E-state index in [9.17, 15) is 13.2 Å². The van der Waals surface area contributed by atoms with Crippen LogP contribution < -0.4 is 4.74 Å². The first kappa shape index (κ1) is 32.0. The molecule has 0 unspecified atom stereocenters. The Morgan fingerprint density at radius 1 is 0.750 bits per heavy atom. The predicted octanol–water partition coefficient (Wildman–Crippen LogP) is 11.8. The zero-order valence-corrected chi connectivity index (χ0v) is 24.8. The molecule has 0 saturated carbocycles. The van der Waals surface area contributed by atoms with Crippen molar-refractivity contribution < 1.29 is 22.6 Å². The molecule has 40 heavy (non-hydrogen) atoms. The van der Waals surface area contributed by atoms with Crippen LogP contribution in [0, 0.1) is 0 Å². The first-order chi connectivity index (χ1) is 19.4. The Hall–Kier alpha value is -2.47. The van der Waals surface area contributed by atoms with E-state index in [1.54, 1.807) is 12.1 Å². The number of hydrogen-bond donors (Lipinski definition) is 0. The van der Waals surface area contributed by atoms with Gasteiger partial charge in [-0.3, -0.25) is 0 Å². The molecule has 0 atom stereocenters. The summed E-state index contributed by atoms with van der Waals surface area (Å²) in [4.78, 5) is 0.802. The Morgan fingerprint density at radius 2 is 1.35 bits per heavy atom. The Labute approximate surface area is 242 Å². The molecule has 1 heterocycles. The Bertz CT molecular complexity index is 1150. The Morgan fingerprint density at radius 3 is 2.00 bits per heavy atom. The van der Waals surface area contributed by atoms with Crippen molar-refractivity contribution in [2.75, 3.05) is 6.61 Å². The van der Waals surface area contributed by atoms with Gasteiger partial charge in [0.2, 0.25) is 0 Å². The van der Waals surface area contributed by atoms with Gasteiger partial charge in [0.1, 0.15) is 5.75 Å². The third kappa shape index (κ3) is 11.6. The van der Waals surface area contributed by atoms with E-state index < -0.39 is 6.36 Å². The van der Waals surface area contributed by atoms with E-state index in [0.29, 0.717) is 5.56 Å². The topological polar surface area (TPSA) is 18.5 Å². The quantitative estimate of drug-likeness (QED) is 0.0987. The SMILES string of the molecule is C=COCCCCCCCCCCCCc1ccc2cc(-c3ccc(CCCCC)cc3OC(F)(F)F)sc2c1. The summed E-state index contributed by atoms with van der Waals surface area (Å²) in [6.45, 7) is 6.46. The zero-order chi connectivity index (χ0) is 28.6. The molecular formula is C34H45F3O2S. The van der Waals surface area contributed by atoms with Crippen LogP contribution in [-0.2, 0) is 17.6 Å². The molecule has 1 aromatic heterocycles. The lowest BCUT2D eigenvalue weighted by Gasteiger charge is -2.14. The van der Waals surface area contributed by atoms with Crippen LogP contribution in [0.25, 0.3) is 20.5 Å². The summed E-state index contributed by atoms with van der Waals surface area (Å²) in [6, 6.07) is 13.7. The first-order valence-electron chi connectivity index (χ1n) is 15.0. The second-order valence-electron chi connectivity index (χ2n) is 10.6. The molecule has 0 saturated heterocycles. The van der Waals surface area contributed by atoms with Crippen molar-refractivity contribution in [2.45, 2.75) is 110 Å². The lowest BCUT2D eigenvalue weighted by atomic mass is 10.0. The third-order valence-electron chi connectivity index (χ3n) is 7.29. The van der Waals surface area contributed by atoms with Crippen molar-refractivity contribution >= 4 is 21.4 Å². The van der Waals surface area contributed by atoms with Crippen LogP contribution in [0.15, 0.2) is 55.3 Å². The molecule has 0 fully saturated rings. The molecule has 0 radical (unpaired) electrons. The lowest BCUT2D eigenvalue weighted by Crippen LogP contribution is -2.17. The summed E-state index contributed by atoms with van der Waals surface area (Å²) in [5.74, 6) is -0.105. The third-order valence-corrected chi connectivity index (χ3v) is 8.42. The van der Waals surface area contributed by atoms with Gasteiger partial charge in [-0.05, 0) is 72.9 Å². The van der Waals surface area contributed by atoms with Gasteiger partial charge in [0.15, 0.2) is 0 Å². The largest absolute Gasteiger partial charge is 0.573 e. The van der Waals surface area contributed by atoms with Crippen LogP contribution in [0.5, 0.6) is 5.75 Å². The van der Waals surface area contributed by atoms with Gasteiger partial charge in [-0.15, -0.1) is 24.5 Å². The average Bonchev–Trinajstić information content (AvgIpc) is 3.34. The summed E-state index contributed by atoms with van der Waals surface area (Å²) >= 11 is 1.54. The maximum atomic E-state index is 13.2. The zero-order valence-electron chi connectivity index (χ0n) is 24.0. The van der Waals surface area contributed by atoms with E-state index in [4.69, 9.17) is 4.74 Å².